The minimum absolute atomic E-state index is 0.304. The topological polar surface area (TPSA) is 46.1 Å². The molecule has 2 unspecified atom stereocenters. The molecule has 0 aromatic heterocycles. The summed E-state index contributed by atoms with van der Waals surface area (Å²) in [5, 5.41) is 3.40. The van der Waals surface area contributed by atoms with Crippen LogP contribution in [-0.4, -0.2) is 57.9 Å². The van der Waals surface area contributed by atoms with Crippen LogP contribution in [0.5, 0.6) is 5.75 Å². The van der Waals surface area contributed by atoms with Crippen molar-refractivity contribution in [2.75, 3.05) is 47.0 Å². The number of benzene rings is 1. The number of rotatable bonds is 7. The molecule has 0 spiro atoms. The van der Waals surface area contributed by atoms with Crippen molar-refractivity contribution in [3.63, 3.8) is 0 Å². The van der Waals surface area contributed by atoms with E-state index in [1.54, 1.807) is 7.11 Å². The molecule has 1 fully saturated rings. The van der Waals surface area contributed by atoms with Crippen molar-refractivity contribution in [1.82, 2.24) is 10.2 Å². The fourth-order valence-corrected chi connectivity index (χ4v) is 3.07. The molecule has 5 heteroatoms. The highest BCUT2D eigenvalue weighted by atomic mass is 16.5. The maximum absolute atomic E-state index is 5.48. The Hall–Kier alpha value is -1.75. The van der Waals surface area contributed by atoms with Gasteiger partial charge in [-0.15, -0.1) is 0 Å². The molecule has 1 aromatic carbocycles. The lowest BCUT2D eigenvalue weighted by atomic mass is 10.0. The van der Waals surface area contributed by atoms with E-state index in [4.69, 9.17) is 14.5 Å². The number of hydrogen-bond acceptors (Lipinski definition) is 3. The zero-order valence-electron chi connectivity index (χ0n) is 15.4. The van der Waals surface area contributed by atoms with Crippen molar-refractivity contribution in [2.24, 2.45) is 10.9 Å². The van der Waals surface area contributed by atoms with Crippen LogP contribution in [0.15, 0.2) is 29.3 Å². The molecule has 1 aromatic rings. The summed E-state index contributed by atoms with van der Waals surface area (Å²) in [6, 6.07) is 8.17. The van der Waals surface area contributed by atoms with Crippen LogP contribution in [0.4, 0.5) is 0 Å². The van der Waals surface area contributed by atoms with Gasteiger partial charge in [0.05, 0.1) is 13.7 Å². The molecule has 5 nitrogen and oxygen atoms in total. The molecule has 0 saturated carbocycles. The molecule has 24 heavy (non-hydrogen) atoms. The number of methoxy groups -OCH3 is 1. The first-order chi connectivity index (χ1) is 11.7. The molecule has 1 N–H and O–H groups in total. The van der Waals surface area contributed by atoms with Gasteiger partial charge in [-0.2, -0.15) is 0 Å². The summed E-state index contributed by atoms with van der Waals surface area (Å²) in [5.41, 5.74) is 1.20. The van der Waals surface area contributed by atoms with E-state index in [1.165, 1.54) is 5.56 Å². The molecule has 1 aliphatic rings. The van der Waals surface area contributed by atoms with Gasteiger partial charge in [-0.1, -0.05) is 25.1 Å². The second-order valence-corrected chi connectivity index (χ2v) is 6.45. The van der Waals surface area contributed by atoms with Crippen LogP contribution < -0.4 is 10.1 Å². The molecule has 2 atom stereocenters. The second kappa shape index (κ2) is 9.52. The van der Waals surface area contributed by atoms with E-state index in [9.17, 15) is 0 Å². The summed E-state index contributed by atoms with van der Waals surface area (Å²) in [5.74, 6) is 2.80. The molecule has 0 aliphatic carbocycles. The van der Waals surface area contributed by atoms with Crippen molar-refractivity contribution in [3.8, 4) is 5.75 Å². The average molecular weight is 333 g/mol. The highest BCUT2D eigenvalue weighted by molar-refractivity contribution is 5.79. The minimum Gasteiger partial charge on any atom is -0.496 e. The summed E-state index contributed by atoms with van der Waals surface area (Å²) in [6.45, 7) is 8.62. The first kappa shape index (κ1) is 18.6. The van der Waals surface area contributed by atoms with E-state index >= 15 is 0 Å². The Morgan fingerprint density at radius 2 is 2.25 bits per heavy atom. The van der Waals surface area contributed by atoms with E-state index in [-0.39, 0.29) is 0 Å². The van der Waals surface area contributed by atoms with Crippen LogP contribution in [0.1, 0.15) is 31.7 Å². The van der Waals surface area contributed by atoms with Gasteiger partial charge >= 0.3 is 0 Å². The number of nitrogens with one attached hydrogen (secondary N) is 1. The summed E-state index contributed by atoms with van der Waals surface area (Å²) >= 11 is 0. The fourth-order valence-electron chi connectivity index (χ4n) is 3.07. The maximum Gasteiger partial charge on any atom is 0.193 e. The van der Waals surface area contributed by atoms with Crippen LogP contribution in [0, 0.1) is 5.92 Å². The summed E-state index contributed by atoms with van der Waals surface area (Å²) in [7, 11) is 3.82. The van der Waals surface area contributed by atoms with Crippen LogP contribution >= 0.6 is 0 Å². The zero-order valence-corrected chi connectivity index (χ0v) is 15.4. The number of ether oxygens (including phenoxy) is 2. The predicted octanol–water partition coefficient (Wildman–Crippen LogP) is 2.73. The van der Waals surface area contributed by atoms with Gasteiger partial charge in [-0.3, -0.25) is 4.99 Å². The van der Waals surface area contributed by atoms with Crippen LogP contribution in [0.25, 0.3) is 0 Å². The molecular formula is C19H31N3O2. The second-order valence-electron chi connectivity index (χ2n) is 6.45. The molecule has 1 saturated heterocycles. The third-order valence-electron chi connectivity index (χ3n) is 4.44. The van der Waals surface area contributed by atoms with E-state index in [0.29, 0.717) is 11.8 Å². The van der Waals surface area contributed by atoms with Gasteiger partial charge in [0, 0.05) is 45.1 Å². The Balaban J connectivity index is 2.00. The Morgan fingerprint density at radius 3 is 2.92 bits per heavy atom. The van der Waals surface area contributed by atoms with Crippen LogP contribution in [0.3, 0.4) is 0 Å². The van der Waals surface area contributed by atoms with Crippen molar-refractivity contribution >= 4 is 5.96 Å². The van der Waals surface area contributed by atoms with Gasteiger partial charge in [0.1, 0.15) is 5.75 Å². The lowest BCUT2D eigenvalue weighted by Gasteiger charge is -2.25. The number of guanidine groups is 1. The van der Waals surface area contributed by atoms with Gasteiger partial charge in [-0.25, -0.2) is 0 Å². The van der Waals surface area contributed by atoms with Gasteiger partial charge < -0.3 is 19.7 Å². The average Bonchev–Trinajstić information content (AvgIpc) is 3.11. The van der Waals surface area contributed by atoms with Crippen molar-refractivity contribution in [2.45, 2.75) is 26.2 Å². The highest BCUT2D eigenvalue weighted by Gasteiger charge is 2.19. The number of aliphatic imine (C=N–C) groups is 1. The lowest BCUT2D eigenvalue weighted by molar-refractivity contribution is 0.181. The Bertz CT molecular complexity index is 527. The van der Waals surface area contributed by atoms with Crippen molar-refractivity contribution in [1.29, 1.82) is 0 Å². The van der Waals surface area contributed by atoms with Gasteiger partial charge in [-0.05, 0) is 25.0 Å². The Morgan fingerprint density at radius 1 is 1.46 bits per heavy atom. The number of hydrogen-bond donors (Lipinski definition) is 1. The van der Waals surface area contributed by atoms with Crippen molar-refractivity contribution in [3.05, 3.63) is 29.8 Å². The number of nitrogens with zero attached hydrogens (tertiary/aromatic N) is 2. The fraction of sp³-hybridized carbons (Fsp3) is 0.632. The monoisotopic (exact) mass is 333 g/mol. The van der Waals surface area contributed by atoms with E-state index in [1.807, 2.05) is 12.1 Å². The normalized spacial score (nSPS) is 19.2. The largest absolute Gasteiger partial charge is 0.496 e. The summed E-state index contributed by atoms with van der Waals surface area (Å²) < 4.78 is 10.9. The smallest absolute Gasteiger partial charge is 0.193 e. The molecule has 134 valence electrons. The van der Waals surface area contributed by atoms with Crippen molar-refractivity contribution < 1.29 is 9.47 Å². The Kier molecular flexibility index (Phi) is 7.37. The quantitative estimate of drug-likeness (QED) is 0.616. The van der Waals surface area contributed by atoms with Gasteiger partial charge in [0.15, 0.2) is 5.96 Å². The van der Waals surface area contributed by atoms with Crippen LogP contribution in [-0.2, 0) is 4.74 Å². The van der Waals surface area contributed by atoms with Gasteiger partial charge in [0.2, 0.25) is 0 Å². The molecule has 1 heterocycles. The first-order valence-corrected chi connectivity index (χ1v) is 8.85. The maximum atomic E-state index is 5.48. The van der Waals surface area contributed by atoms with E-state index in [0.717, 1.165) is 51.0 Å². The third-order valence-corrected chi connectivity index (χ3v) is 4.44. The van der Waals surface area contributed by atoms with Crippen LogP contribution in [0.2, 0.25) is 0 Å². The number of para-hydroxylation sites is 1. The molecule has 0 bridgehead atoms. The standard InChI is InChI=1S/C19H31N3O2/c1-5-20-19(22(3)13-16-10-11-24-14-16)21-12-15(2)17-8-6-7-9-18(17)23-4/h6-9,15-16H,5,10-14H2,1-4H3,(H,20,21). The molecule has 2 rings (SSSR count). The Labute approximate surface area is 146 Å². The SMILES string of the molecule is CCNC(=NCC(C)c1ccccc1OC)N(C)CC1CCOC1. The lowest BCUT2D eigenvalue weighted by Crippen LogP contribution is -2.41. The highest BCUT2D eigenvalue weighted by Crippen LogP contribution is 2.26. The summed E-state index contributed by atoms with van der Waals surface area (Å²) in [4.78, 5) is 7.06. The minimum atomic E-state index is 0.304. The predicted molar refractivity (Wildman–Crippen MR) is 98.9 cm³/mol. The van der Waals surface area contributed by atoms with Gasteiger partial charge in [0.25, 0.3) is 0 Å². The molecule has 0 radical (unpaired) electrons. The third kappa shape index (κ3) is 5.13. The van der Waals surface area contributed by atoms with E-state index in [2.05, 4.69) is 43.2 Å². The van der Waals surface area contributed by atoms with E-state index < -0.39 is 0 Å². The summed E-state index contributed by atoms with van der Waals surface area (Å²) in [6.07, 6.45) is 1.14. The first-order valence-electron chi connectivity index (χ1n) is 8.85. The molecular weight excluding hydrogens is 302 g/mol. The molecule has 0 amide bonds. The zero-order chi connectivity index (χ0) is 17.4. The molecule has 1 aliphatic heterocycles.